The Hall–Kier alpha value is -8.34. The van der Waals surface area contributed by atoms with Gasteiger partial charge in [-0.3, -0.25) is 48.3 Å². The summed E-state index contributed by atoms with van der Waals surface area (Å²) in [6, 6.07) is 4.70. The van der Waals surface area contributed by atoms with E-state index in [1.807, 2.05) is 6.07 Å². The number of carbonyl (C=O) groups excluding carboxylic acids is 8. The number of carboxylic acid groups (broad SMARTS) is 1. The number of imidazole rings is 1. The third-order valence-corrected chi connectivity index (χ3v) is 14.8. The molecule has 2 aromatic carbocycles. The van der Waals surface area contributed by atoms with E-state index in [4.69, 9.17) is 22.9 Å². The van der Waals surface area contributed by atoms with Crippen LogP contribution in [0, 0.1) is 0 Å². The van der Waals surface area contributed by atoms with Gasteiger partial charge in [-0.05, 0) is 49.8 Å². The van der Waals surface area contributed by atoms with Gasteiger partial charge in [0, 0.05) is 86.8 Å². The number of hydrogen-bond acceptors (Lipinski definition) is 14. The summed E-state index contributed by atoms with van der Waals surface area (Å²) in [5.41, 5.74) is 24.5. The van der Waals surface area contributed by atoms with Crippen molar-refractivity contribution in [2.75, 3.05) is 24.6 Å². The quantitative estimate of drug-likeness (QED) is 0.0211. The van der Waals surface area contributed by atoms with Gasteiger partial charge in [0.05, 0.1) is 6.33 Å². The monoisotopic (exact) mass is 1130 g/mol. The summed E-state index contributed by atoms with van der Waals surface area (Å²) < 4.78 is 1.62. The number of aryl methyl sites for hydroxylation is 1. The number of aliphatic imine (C=N–C) groups is 2. The highest BCUT2D eigenvalue weighted by Crippen LogP contribution is 2.24. The zero-order chi connectivity index (χ0) is 57.6. The van der Waals surface area contributed by atoms with E-state index < -0.39 is 102 Å². The van der Waals surface area contributed by atoms with Gasteiger partial charge in [0.15, 0.2) is 11.9 Å². The Balaban J connectivity index is 1.56. The fourth-order valence-electron chi connectivity index (χ4n) is 8.21. The Kier molecular flexibility index (Phi) is 23.8. The fourth-order valence-corrected chi connectivity index (χ4v) is 10.5. The Labute approximate surface area is 463 Å². The van der Waals surface area contributed by atoms with Crippen molar-refractivity contribution in [2.24, 2.45) is 40.0 Å². The first kappa shape index (κ1) is 61.5. The van der Waals surface area contributed by atoms with E-state index in [0.717, 1.165) is 27.1 Å². The summed E-state index contributed by atoms with van der Waals surface area (Å²) in [6.07, 6.45) is 4.58. The van der Waals surface area contributed by atoms with Crippen molar-refractivity contribution in [3.63, 3.8) is 0 Å². The van der Waals surface area contributed by atoms with Gasteiger partial charge in [-0.2, -0.15) is 0 Å². The first-order valence-corrected chi connectivity index (χ1v) is 27.7. The second-order valence-corrected chi connectivity index (χ2v) is 21.2. The lowest BCUT2D eigenvalue weighted by atomic mass is 10.0. The van der Waals surface area contributed by atoms with Crippen molar-refractivity contribution in [2.45, 2.75) is 107 Å². The second kappa shape index (κ2) is 30.6. The molecule has 1 aliphatic heterocycles. The third kappa shape index (κ3) is 19.9. The van der Waals surface area contributed by atoms with Crippen molar-refractivity contribution in [1.29, 1.82) is 0 Å². The lowest BCUT2D eigenvalue weighted by Gasteiger charge is -2.27. The molecule has 426 valence electrons. The molecule has 1 aliphatic rings. The molecule has 18 N–H and O–H groups in total. The van der Waals surface area contributed by atoms with E-state index in [-0.39, 0.29) is 81.5 Å². The maximum atomic E-state index is 14.7. The number of nitrogens with one attached hydrogen (secondary N) is 9. The number of aromatic nitrogens is 3. The molecule has 0 saturated carbocycles. The molecule has 1 saturated heterocycles. The molecule has 0 radical (unpaired) electrons. The molecule has 8 atom stereocenters. The van der Waals surface area contributed by atoms with Gasteiger partial charge in [-0.1, -0.05) is 70.1 Å². The number of nitrogens with zero attached hydrogens (tertiary/aromatic N) is 4. The number of hydrogen-bond donors (Lipinski definition) is 14. The molecule has 1 fully saturated rings. The molecular formula is C50H69N17O10S2. The van der Waals surface area contributed by atoms with Gasteiger partial charge in [0.25, 0.3) is 0 Å². The van der Waals surface area contributed by atoms with E-state index in [0.29, 0.717) is 22.2 Å². The average Bonchev–Trinajstić information content (AvgIpc) is 4.07. The molecule has 5 rings (SSSR count). The van der Waals surface area contributed by atoms with Crippen molar-refractivity contribution in [3.05, 3.63) is 90.1 Å². The molecule has 79 heavy (non-hydrogen) atoms. The number of rotatable bonds is 18. The SMILES string of the molecule is CC(=O)N[C@@H](CCCN=C(N)N)C(=O)N[C@H]1CSSC[C@@H](C(=O)O)NC(=O)[C@H](Cc2c[nH]c3ccccc23)NC(=O)[C@H](CCCN=C(N)N)NC(=O)[C@@H](Cc2ccccc2)NC(=O)[C@H](Cc2cncn2C)NC(=O)[C@@H](C)NC1=O. The Morgan fingerprint density at radius 1 is 0.734 bits per heavy atom. The Morgan fingerprint density at radius 3 is 1.96 bits per heavy atom. The highest BCUT2D eigenvalue weighted by molar-refractivity contribution is 8.76. The van der Waals surface area contributed by atoms with Gasteiger partial charge in [0.1, 0.15) is 48.3 Å². The number of fused-ring (bicyclic) bond motifs is 1. The molecule has 8 amide bonds. The predicted octanol–water partition coefficient (Wildman–Crippen LogP) is -2.57. The number of benzene rings is 2. The van der Waals surface area contributed by atoms with Crippen LogP contribution in [-0.2, 0) is 69.5 Å². The number of carbonyl (C=O) groups is 9. The molecule has 2 aromatic heterocycles. The van der Waals surface area contributed by atoms with E-state index >= 15 is 0 Å². The van der Waals surface area contributed by atoms with Crippen LogP contribution in [-0.4, -0.2) is 158 Å². The maximum absolute atomic E-state index is 14.7. The number of carboxylic acids is 1. The number of nitrogens with two attached hydrogens (primary N) is 4. The standard InChI is InChI=1S/C50H69N17O10S2/c1-27-41(69)62-38(21-31-23-55-26-67(31)3)46(74)63-36(19-29-11-5-4-6-12-29)44(72)61-35(16-10-18-57-50(53)54)43(71)64-37(20-30-22-58-33-14-8-7-13-32(30)33)45(73)66-40(48(76)77)25-79-78-24-39(47(75)59-27)65-42(70)34(60-28(2)68)15-9-17-56-49(51)52/h4-8,11-14,22-23,26-27,34-40,58H,9-10,15-21,24-25H2,1-3H3,(H,59,75)(H,60,68)(H,61,72)(H,62,69)(H,63,74)(H,64,71)(H,65,70)(H,66,73)(H,76,77)(H4,51,52,56)(H4,53,54,57)/t27-,34+,35+,36-,37+,38+,39+,40+/m1/s1. The summed E-state index contributed by atoms with van der Waals surface area (Å²) in [7, 11) is 3.56. The molecule has 0 aliphatic carbocycles. The molecule has 27 nitrogen and oxygen atoms in total. The van der Waals surface area contributed by atoms with Crippen LogP contribution in [0.5, 0.6) is 0 Å². The van der Waals surface area contributed by atoms with Crippen LogP contribution in [0.3, 0.4) is 0 Å². The minimum Gasteiger partial charge on any atom is -0.480 e. The first-order valence-electron chi connectivity index (χ1n) is 25.2. The summed E-state index contributed by atoms with van der Waals surface area (Å²) in [5, 5.41) is 32.4. The Morgan fingerprint density at radius 2 is 1.32 bits per heavy atom. The lowest BCUT2D eigenvalue weighted by Crippen LogP contribution is -2.60. The van der Waals surface area contributed by atoms with E-state index in [1.54, 1.807) is 66.3 Å². The zero-order valence-corrected chi connectivity index (χ0v) is 45.5. The summed E-state index contributed by atoms with van der Waals surface area (Å²) in [4.78, 5) is 141. The maximum Gasteiger partial charge on any atom is 0.327 e. The number of aliphatic carboxylic acids is 1. The summed E-state index contributed by atoms with van der Waals surface area (Å²) in [6.45, 7) is 2.71. The molecule has 29 heteroatoms. The van der Waals surface area contributed by atoms with Crippen molar-refractivity contribution >= 4 is 97.6 Å². The smallest absolute Gasteiger partial charge is 0.327 e. The lowest BCUT2D eigenvalue weighted by molar-refractivity contribution is -0.141. The summed E-state index contributed by atoms with van der Waals surface area (Å²) in [5.74, 6) is -8.82. The molecule has 0 unspecified atom stereocenters. The van der Waals surface area contributed by atoms with Crippen LogP contribution >= 0.6 is 21.6 Å². The van der Waals surface area contributed by atoms with Crippen LogP contribution in [0.1, 0.15) is 56.4 Å². The van der Waals surface area contributed by atoms with Crippen LogP contribution in [0.25, 0.3) is 10.9 Å². The largest absolute Gasteiger partial charge is 0.480 e. The molecule has 0 spiro atoms. The topological polar surface area (TPSA) is 433 Å². The zero-order valence-electron chi connectivity index (χ0n) is 43.9. The van der Waals surface area contributed by atoms with Crippen molar-refractivity contribution in [3.8, 4) is 0 Å². The van der Waals surface area contributed by atoms with Gasteiger partial charge < -0.3 is 80.1 Å². The third-order valence-electron chi connectivity index (χ3n) is 12.4. The normalized spacial score (nSPS) is 21.6. The van der Waals surface area contributed by atoms with Crippen LogP contribution in [0.4, 0.5) is 0 Å². The highest BCUT2D eigenvalue weighted by atomic mass is 33.1. The van der Waals surface area contributed by atoms with Crippen LogP contribution < -0.4 is 65.5 Å². The number of aromatic amines is 1. The van der Waals surface area contributed by atoms with Gasteiger partial charge >= 0.3 is 5.97 Å². The van der Waals surface area contributed by atoms with E-state index in [9.17, 15) is 48.3 Å². The van der Waals surface area contributed by atoms with Gasteiger partial charge in [-0.15, -0.1) is 0 Å². The molecule has 0 bridgehead atoms. The average molecular weight is 1130 g/mol. The minimum absolute atomic E-state index is 0.0438. The first-order chi connectivity index (χ1) is 37.7. The van der Waals surface area contributed by atoms with Crippen molar-refractivity contribution < 1.29 is 48.3 Å². The van der Waals surface area contributed by atoms with Gasteiger partial charge in [0.2, 0.25) is 47.3 Å². The molecular weight excluding hydrogens is 1060 g/mol. The van der Waals surface area contributed by atoms with E-state index in [1.165, 1.54) is 26.4 Å². The van der Waals surface area contributed by atoms with Crippen LogP contribution in [0.15, 0.2) is 83.3 Å². The number of amides is 8. The van der Waals surface area contributed by atoms with Crippen molar-refractivity contribution in [1.82, 2.24) is 57.1 Å². The van der Waals surface area contributed by atoms with Crippen LogP contribution in [0.2, 0.25) is 0 Å². The van der Waals surface area contributed by atoms with E-state index in [2.05, 4.69) is 62.5 Å². The second-order valence-electron chi connectivity index (χ2n) is 18.6. The molecule has 4 aromatic rings. The number of H-pyrrole nitrogens is 1. The number of guanidine groups is 2. The number of para-hydroxylation sites is 1. The molecule has 3 heterocycles. The highest BCUT2D eigenvalue weighted by Gasteiger charge is 2.35. The minimum atomic E-state index is -1.58. The Bertz CT molecular complexity index is 2840. The fraction of sp³-hybridized carbons (Fsp3) is 0.440. The predicted molar refractivity (Wildman–Crippen MR) is 298 cm³/mol. The van der Waals surface area contributed by atoms with Gasteiger partial charge in [-0.25, -0.2) is 9.78 Å². The summed E-state index contributed by atoms with van der Waals surface area (Å²) >= 11 is 0.